The van der Waals surface area contributed by atoms with Gasteiger partial charge in [0.1, 0.15) is 19.3 Å². The standard InChI is InChI=1S/C73H126O17P2/c1-5-9-13-17-21-25-29-31-33-35-39-41-45-49-53-57-70(75)83-63-68(89-72(77)59-55-51-47-43-37-27-23-19-15-11-7-3)65-87-91(79,80)85-61-67(74)62-86-92(81,82)88-66-69(90-73(78)60-56-52-48-44-38-28-24-20-16-12-8-4)64-84-71(76)58-54-50-46-42-40-36-34-32-30-26-22-18-14-10-6-2/h9-10,13-14,21-22,25-26,31-34,39,41,49,53,67-69,74H,5-8,11-12,15-20,23-24,27-30,35-38,40,42-48,50-52,54-66H2,1-4H3,(H,79,80)(H,81,82)/b13-9-,14-10-,25-21-,26-22-,33-31-,34-32-,41-39-,53-49-. The van der Waals surface area contributed by atoms with Gasteiger partial charge >= 0.3 is 39.5 Å². The van der Waals surface area contributed by atoms with Crippen LogP contribution in [0.15, 0.2) is 97.2 Å². The molecule has 0 aliphatic carbocycles. The van der Waals surface area contributed by atoms with Crippen LogP contribution in [0, 0.1) is 0 Å². The summed E-state index contributed by atoms with van der Waals surface area (Å²) in [6.45, 7) is 4.49. The highest BCUT2D eigenvalue weighted by Gasteiger charge is 2.30. The third-order valence-corrected chi connectivity index (χ3v) is 16.5. The first-order valence-electron chi connectivity index (χ1n) is 35.5. The van der Waals surface area contributed by atoms with E-state index in [1.807, 2.05) is 18.2 Å². The molecular formula is C73H126O17P2. The van der Waals surface area contributed by atoms with Gasteiger partial charge in [-0.1, -0.05) is 273 Å². The lowest BCUT2D eigenvalue weighted by atomic mass is 10.1. The molecule has 0 saturated carbocycles. The summed E-state index contributed by atoms with van der Waals surface area (Å²) in [4.78, 5) is 72.5. The van der Waals surface area contributed by atoms with Crippen LogP contribution in [0.2, 0.25) is 0 Å². The van der Waals surface area contributed by atoms with E-state index in [4.69, 9.17) is 37.0 Å². The zero-order valence-corrected chi connectivity index (χ0v) is 59.2. The predicted octanol–water partition coefficient (Wildman–Crippen LogP) is 19.7. The molecule has 19 heteroatoms. The molecule has 0 amide bonds. The molecule has 0 bridgehead atoms. The zero-order valence-electron chi connectivity index (χ0n) is 57.4. The predicted molar refractivity (Wildman–Crippen MR) is 372 cm³/mol. The number of phosphoric acid groups is 2. The highest BCUT2D eigenvalue weighted by atomic mass is 31.2. The molecule has 530 valence electrons. The second-order valence-corrected chi connectivity index (χ2v) is 26.4. The normalized spacial score (nSPS) is 14.6. The third kappa shape index (κ3) is 64.7. The fourth-order valence-electron chi connectivity index (χ4n) is 9.25. The van der Waals surface area contributed by atoms with E-state index in [9.17, 15) is 43.2 Å². The van der Waals surface area contributed by atoms with Crippen molar-refractivity contribution in [1.82, 2.24) is 0 Å². The number of ether oxygens (including phenoxy) is 4. The molecule has 92 heavy (non-hydrogen) atoms. The molecule has 0 aromatic rings. The van der Waals surface area contributed by atoms with Crippen LogP contribution < -0.4 is 0 Å². The summed E-state index contributed by atoms with van der Waals surface area (Å²) in [6.07, 6.45) is 66.0. The number of hydrogen-bond donors (Lipinski definition) is 3. The summed E-state index contributed by atoms with van der Waals surface area (Å²) in [5.74, 6) is -2.33. The Morgan fingerprint density at radius 3 is 0.967 bits per heavy atom. The molecule has 5 atom stereocenters. The van der Waals surface area contributed by atoms with Gasteiger partial charge in [0.25, 0.3) is 0 Å². The summed E-state index contributed by atoms with van der Waals surface area (Å²) in [5.41, 5.74) is 0. The number of carbonyl (C=O) groups excluding carboxylic acids is 4. The van der Waals surface area contributed by atoms with Gasteiger partial charge in [0.2, 0.25) is 0 Å². The minimum atomic E-state index is -4.98. The van der Waals surface area contributed by atoms with E-state index >= 15 is 0 Å². The Balaban J connectivity index is 5.37. The Morgan fingerprint density at radius 1 is 0.326 bits per heavy atom. The molecular weight excluding hydrogens is 1210 g/mol. The van der Waals surface area contributed by atoms with Crippen molar-refractivity contribution in [1.29, 1.82) is 0 Å². The fourth-order valence-corrected chi connectivity index (χ4v) is 10.8. The number of hydrogen-bond acceptors (Lipinski definition) is 15. The molecule has 0 aromatic heterocycles. The number of unbranched alkanes of at least 4 members (excludes halogenated alkanes) is 25. The number of aliphatic hydroxyl groups is 1. The van der Waals surface area contributed by atoms with Crippen molar-refractivity contribution in [2.45, 2.75) is 303 Å². The van der Waals surface area contributed by atoms with E-state index < -0.39 is 97.5 Å². The first kappa shape index (κ1) is 88.0. The zero-order chi connectivity index (χ0) is 67.5. The number of allylic oxidation sites excluding steroid dienone is 15. The molecule has 17 nitrogen and oxygen atoms in total. The lowest BCUT2D eigenvalue weighted by molar-refractivity contribution is -0.161. The average Bonchev–Trinajstić information content (AvgIpc) is 2.55. The lowest BCUT2D eigenvalue weighted by Gasteiger charge is -2.21. The van der Waals surface area contributed by atoms with Crippen LogP contribution in [0.25, 0.3) is 0 Å². The topological polar surface area (TPSA) is 237 Å². The third-order valence-electron chi connectivity index (χ3n) is 14.6. The summed E-state index contributed by atoms with van der Waals surface area (Å²) in [6, 6.07) is 0. The van der Waals surface area contributed by atoms with Crippen molar-refractivity contribution in [2.24, 2.45) is 0 Å². The van der Waals surface area contributed by atoms with E-state index in [0.717, 1.165) is 128 Å². The maximum Gasteiger partial charge on any atom is 0.472 e. The molecule has 0 spiro atoms. The molecule has 0 fully saturated rings. The van der Waals surface area contributed by atoms with Crippen LogP contribution in [-0.2, 0) is 65.4 Å². The number of aliphatic hydroxyl groups excluding tert-OH is 1. The molecule has 0 saturated heterocycles. The number of rotatable bonds is 66. The second-order valence-electron chi connectivity index (χ2n) is 23.4. The SMILES string of the molecule is CC/C=C\C/C=C\C/C=C\C/C=C\C/C=C\CC(=O)OCC(COP(=O)(O)OCC(O)COP(=O)(O)OCC(COC(=O)CCCCCCC/C=C\C/C=C\C/C=C\CC)OC(=O)CCCCCCCCCCCCC)OC(=O)CCCCCCCCCCCCC. The van der Waals surface area contributed by atoms with Crippen LogP contribution >= 0.6 is 15.6 Å². The fraction of sp³-hybridized carbons (Fsp3) is 0.726. The van der Waals surface area contributed by atoms with Gasteiger partial charge in [-0.25, -0.2) is 9.13 Å². The van der Waals surface area contributed by atoms with E-state index in [2.05, 4.69) is 101 Å². The van der Waals surface area contributed by atoms with E-state index in [0.29, 0.717) is 25.7 Å². The Hall–Kier alpha value is -4.02. The number of phosphoric ester groups is 2. The van der Waals surface area contributed by atoms with Crippen molar-refractivity contribution in [3.05, 3.63) is 97.2 Å². The molecule has 0 aliphatic heterocycles. The van der Waals surface area contributed by atoms with Gasteiger partial charge in [-0.15, -0.1) is 0 Å². The highest BCUT2D eigenvalue weighted by Crippen LogP contribution is 2.45. The van der Waals surface area contributed by atoms with Crippen LogP contribution in [0.4, 0.5) is 0 Å². The molecule has 0 radical (unpaired) electrons. The van der Waals surface area contributed by atoms with Gasteiger partial charge in [0, 0.05) is 19.3 Å². The van der Waals surface area contributed by atoms with Gasteiger partial charge in [0.05, 0.1) is 32.8 Å². The summed E-state index contributed by atoms with van der Waals surface area (Å²) >= 11 is 0. The van der Waals surface area contributed by atoms with Gasteiger partial charge in [0.15, 0.2) is 12.2 Å². The Labute approximate surface area is 557 Å². The summed E-state index contributed by atoms with van der Waals surface area (Å²) < 4.78 is 68.1. The van der Waals surface area contributed by atoms with Crippen LogP contribution in [0.5, 0.6) is 0 Å². The van der Waals surface area contributed by atoms with Crippen molar-refractivity contribution < 1.29 is 80.2 Å². The first-order valence-corrected chi connectivity index (χ1v) is 38.5. The van der Waals surface area contributed by atoms with E-state index in [-0.39, 0.29) is 25.7 Å². The van der Waals surface area contributed by atoms with Crippen molar-refractivity contribution in [3.63, 3.8) is 0 Å². The molecule has 3 N–H and O–H groups in total. The Morgan fingerprint density at radius 2 is 0.609 bits per heavy atom. The smallest absolute Gasteiger partial charge is 0.462 e. The van der Waals surface area contributed by atoms with Gasteiger partial charge < -0.3 is 33.8 Å². The van der Waals surface area contributed by atoms with E-state index in [1.165, 1.54) is 77.0 Å². The maximum absolute atomic E-state index is 13.0. The molecule has 0 heterocycles. The van der Waals surface area contributed by atoms with Crippen molar-refractivity contribution in [3.8, 4) is 0 Å². The lowest BCUT2D eigenvalue weighted by Crippen LogP contribution is -2.30. The minimum Gasteiger partial charge on any atom is -0.462 e. The van der Waals surface area contributed by atoms with Gasteiger partial charge in [-0.3, -0.25) is 37.3 Å². The Bertz CT molecular complexity index is 2130. The number of carbonyl (C=O) groups is 4. The molecule has 0 aromatic carbocycles. The molecule has 5 unspecified atom stereocenters. The maximum atomic E-state index is 13.0. The van der Waals surface area contributed by atoms with Gasteiger partial charge in [-0.2, -0.15) is 0 Å². The van der Waals surface area contributed by atoms with Crippen LogP contribution in [0.3, 0.4) is 0 Å². The molecule has 0 aliphatic rings. The highest BCUT2D eigenvalue weighted by molar-refractivity contribution is 7.47. The van der Waals surface area contributed by atoms with Crippen molar-refractivity contribution in [2.75, 3.05) is 39.6 Å². The first-order chi connectivity index (χ1) is 44.7. The number of esters is 4. The minimum absolute atomic E-state index is 0.0688. The summed E-state index contributed by atoms with van der Waals surface area (Å²) in [5, 5.41) is 10.6. The molecule has 0 rings (SSSR count). The van der Waals surface area contributed by atoms with Crippen LogP contribution in [0.1, 0.15) is 285 Å². The van der Waals surface area contributed by atoms with Crippen molar-refractivity contribution >= 4 is 39.5 Å². The quantitative estimate of drug-likeness (QED) is 0.0169. The monoisotopic (exact) mass is 1340 g/mol. The van der Waals surface area contributed by atoms with Gasteiger partial charge in [-0.05, 0) is 83.5 Å². The average molecular weight is 1340 g/mol. The summed E-state index contributed by atoms with van der Waals surface area (Å²) in [7, 11) is -9.95. The van der Waals surface area contributed by atoms with Crippen LogP contribution in [-0.4, -0.2) is 96.7 Å². The second kappa shape index (κ2) is 65.6. The van der Waals surface area contributed by atoms with E-state index in [1.54, 1.807) is 6.08 Å². The largest absolute Gasteiger partial charge is 0.472 e. The Kier molecular flexibility index (Phi) is 62.8.